The van der Waals surface area contributed by atoms with E-state index in [0.717, 1.165) is 25.9 Å². The van der Waals surface area contributed by atoms with E-state index in [2.05, 4.69) is 44.3 Å². The Morgan fingerprint density at radius 3 is 2.62 bits per heavy atom. The van der Waals surface area contributed by atoms with Gasteiger partial charge >= 0.3 is 0 Å². The average molecular weight is 220 g/mol. The summed E-state index contributed by atoms with van der Waals surface area (Å²) in [5.74, 6) is 0.573. The van der Waals surface area contributed by atoms with Crippen molar-refractivity contribution in [2.24, 2.45) is 11.7 Å². The van der Waals surface area contributed by atoms with Gasteiger partial charge in [-0.25, -0.2) is 0 Å². The summed E-state index contributed by atoms with van der Waals surface area (Å²) in [5, 5.41) is 3.55. The van der Waals surface area contributed by atoms with Crippen LogP contribution in [0, 0.1) is 12.8 Å². The van der Waals surface area contributed by atoms with E-state index >= 15 is 0 Å². The number of para-hydroxylation sites is 1. The van der Waals surface area contributed by atoms with Crippen molar-refractivity contribution >= 4 is 5.69 Å². The number of nitrogens with two attached hydrogens (primary N) is 1. The van der Waals surface area contributed by atoms with E-state index in [-0.39, 0.29) is 0 Å². The van der Waals surface area contributed by atoms with Gasteiger partial charge in [0.05, 0.1) is 0 Å². The number of hydrogen-bond donors (Lipinski definition) is 2. The van der Waals surface area contributed by atoms with E-state index in [1.807, 2.05) is 0 Å². The molecule has 0 aliphatic carbocycles. The van der Waals surface area contributed by atoms with Crippen molar-refractivity contribution in [1.82, 2.24) is 0 Å². The van der Waals surface area contributed by atoms with Crippen LogP contribution >= 0.6 is 0 Å². The highest BCUT2D eigenvalue weighted by atomic mass is 14.9. The first-order valence-corrected chi connectivity index (χ1v) is 6.25. The fourth-order valence-electron chi connectivity index (χ4n) is 1.92. The molecule has 3 N–H and O–H groups in total. The molecule has 2 heteroatoms. The maximum absolute atomic E-state index is 5.72. The Morgan fingerprint density at radius 2 is 2.06 bits per heavy atom. The molecule has 1 unspecified atom stereocenters. The van der Waals surface area contributed by atoms with Crippen LogP contribution in [-0.2, 0) is 6.42 Å². The summed E-state index contributed by atoms with van der Waals surface area (Å²) >= 11 is 0. The number of hydrogen-bond acceptors (Lipinski definition) is 2. The lowest BCUT2D eigenvalue weighted by atomic mass is 10.0. The number of benzene rings is 1. The smallest absolute Gasteiger partial charge is 0.0402 e. The third kappa shape index (κ3) is 3.24. The van der Waals surface area contributed by atoms with E-state index in [9.17, 15) is 0 Å². The Balaban J connectivity index is 2.72. The van der Waals surface area contributed by atoms with Crippen molar-refractivity contribution in [1.29, 1.82) is 0 Å². The second-order valence-electron chi connectivity index (χ2n) is 4.35. The van der Waals surface area contributed by atoms with Crippen molar-refractivity contribution in [3.05, 3.63) is 29.3 Å². The molecule has 0 heterocycles. The van der Waals surface area contributed by atoms with Crippen LogP contribution in [0.4, 0.5) is 5.69 Å². The first-order chi connectivity index (χ1) is 7.72. The molecular weight excluding hydrogens is 196 g/mol. The molecule has 1 atom stereocenters. The van der Waals surface area contributed by atoms with Crippen LogP contribution in [-0.4, -0.2) is 13.1 Å². The molecule has 90 valence electrons. The molecule has 2 nitrogen and oxygen atoms in total. The number of anilines is 1. The van der Waals surface area contributed by atoms with Gasteiger partial charge in [-0.05, 0) is 36.9 Å². The molecule has 0 spiro atoms. The van der Waals surface area contributed by atoms with E-state index < -0.39 is 0 Å². The zero-order valence-corrected chi connectivity index (χ0v) is 10.7. The predicted octanol–water partition coefficient (Wildman–Crippen LogP) is 2.95. The highest BCUT2D eigenvalue weighted by Gasteiger charge is 2.07. The normalized spacial score (nSPS) is 12.5. The van der Waals surface area contributed by atoms with Gasteiger partial charge in [0.15, 0.2) is 0 Å². The highest BCUT2D eigenvalue weighted by molar-refractivity contribution is 5.57. The third-order valence-electron chi connectivity index (χ3n) is 3.22. The minimum Gasteiger partial charge on any atom is -0.384 e. The molecule has 0 radical (unpaired) electrons. The number of aryl methyl sites for hydroxylation is 2. The molecule has 0 aliphatic rings. The molecule has 0 bridgehead atoms. The molecule has 16 heavy (non-hydrogen) atoms. The maximum atomic E-state index is 5.72. The standard InChI is InChI=1S/C14H24N2/c1-4-12(9-15)10-16-14-11(3)7-6-8-13(14)5-2/h6-8,12,16H,4-5,9-10,15H2,1-3H3. The van der Waals surface area contributed by atoms with Crippen molar-refractivity contribution < 1.29 is 0 Å². The molecule has 0 aromatic heterocycles. The summed E-state index contributed by atoms with van der Waals surface area (Å²) in [6.07, 6.45) is 2.21. The Bertz CT molecular complexity index is 317. The van der Waals surface area contributed by atoms with Crippen LogP contribution in [0.3, 0.4) is 0 Å². The Kier molecular flexibility index (Phi) is 5.33. The number of nitrogens with one attached hydrogen (secondary N) is 1. The molecule has 0 fully saturated rings. The van der Waals surface area contributed by atoms with E-state index in [1.54, 1.807) is 0 Å². The first-order valence-electron chi connectivity index (χ1n) is 6.25. The van der Waals surface area contributed by atoms with Crippen molar-refractivity contribution in [3.8, 4) is 0 Å². The molecule has 0 aliphatic heterocycles. The Morgan fingerprint density at radius 1 is 1.31 bits per heavy atom. The molecular formula is C14H24N2. The highest BCUT2D eigenvalue weighted by Crippen LogP contribution is 2.21. The minimum absolute atomic E-state index is 0.573. The third-order valence-corrected chi connectivity index (χ3v) is 3.22. The van der Waals surface area contributed by atoms with Crippen LogP contribution in [0.2, 0.25) is 0 Å². The van der Waals surface area contributed by atoms with Crippen LogP contribution in [0.25, 0.3) is 0 Å². The van der Waals surface area contributed by atoms with Gasteiger partial charge < -0.3 is 11.1 Å². The lowest BCUT2D eigenvalue weighted by Gasteiger charge is -2.18. The van der Waals surface area contributed by atoms with Crippen molar-refractivity contribution in [3.63, 3.8) is 0 Å². The van der Waals surface area contributed by atoms with Crippen LogP contribution < -0.4 is 11.1 Å². The largest absolute Gasteiger partial charge is 0.384 e. The van der Waals surface area contributed by atoms with Crippen molar-refractivity contribution in [2.75, 3.05) is 18.4 Å². The van der Waals surface area contributed by atoms with Gasteiger partial charge in [-0.15, -0.1) is 0 Å². The van der Waals surface area contributed by atoms with E-state index in [1.165, 1.54) is 16.8 Å². The topological polar surface area (TPSA) is 38.0 Å². The van der Waals surface area contributed by atoms with Crippen molar-refractivity contribution in [2.45, 2.75) is 33.6 Å². The van der Waals surface area contributed by atoms with Gasteiger partial charge in [-0.1, -0.05) is 38.5 Å². The molecule has 1 rings (SSSR count). The first kappa shape index (κ1) is 13.0. The van der Waals surface area contributed by atoms with Gasteiger partial charge in [0, 0.05) is 12.2 Å². The molecule has 0 amide bonds. The minimum atomic E-state index is 0.573. The summed E-state index contributed by atoms with van der Waals surface area (Å²) in [6, 6.07) is 6.48. The second kappa shape index (κ2) is 6.54. The molecule has 1 aromatic carbocycles. The molecule has 0 saturated heterocycles. The predicted molar refractivity (Wildman–Crippen MR) is 71.9 cm³/mol. The van der Waals surface area contributed by atoms with Gasteiger partial charge in [-0.2, -0.15) is 0 Å². The lowest BCUT2D eigenvalue weighted by Crippen LogP contribution is -2.22. The summed E-state index contributed by atoms with van der Waals surface area (Å²) in [4.78, 5) is 0. The Labute approximate surface area is 99.2 Å². The summed E-state index contributed by atoms with van der Waals surface area (Å²) in [6.45, 7) is 8.28. The van der Waals surface area contributed by atoms with Gasteiger partial charge in [0.25, 0.3) is 0 Å². The SMILES string of the molecule is CCc1cccc(C)c1NCC(CC)CN. The maximum Gasteiger partial charge on any atom is 0.0402 e. The van der Waals surface area contributed by atoms with Crippen LogP contribution in [0.15, 0.2) is 18.2 Å². The zero-order valence-electron chi connectivity index (χ0n) is 10.7. The van der Waals surface area contributed by atoms with Crippen LogP contribution in [0.1, 0.15) is 31.4 Å². The molecule has 1 aromatic rings. The molecule has 0 saturated carbocycles. The summed E-state index contributed by atoms with van der Waals surface area (Å²) < 4.78 is 0. The second-order valence-corrected chi connectivity index (χ2v) is 4.35. The van der Waals surface area contributed by atoms with Gasteiger partial charge in [0.2, 0.25) is 0 Å². The lowest BCUT2D eigenvalue weighted by molar-refractivity contribution is 0.548. The van der Waals surface area contributed by atoms with Crippen LogP contribution in [0.5, 0.6) is 0 Å². The average Bonchev–Trinajstić information content (AvgIpc) is 2.31. The summed E-state index contributed by atoms with van der Waals surface area (Å²) in [5.41, 5.74) is 9.74. The van der Waals surface area contributed by atoms with Gasteiger partial charge in [0.1, 0.15) is 0 Å². The van der Waals surface area contributed by atoms with E-state index in [4.69, 9.17) is 5.73 Å². The fraction of sp³-hybridized carbons (Fsp3) is 0.571. The quantitative estimate of drug-likeness (QED) is 0.773. The fourth-order valence-corrected chi connectivity index (χ4v) is 1.92. The Hall–Kier alpha value is -1.02. The monoisotopic (exact) mass is 220 g/mol. The summed E-state index contributed by atoms with van der Waals surface area (Å²) in [7, 11) is 0. The van der Waals surface area contributed by atoms with E-state index in [0.29, 0.717) is 5.92 Å². The van der Waals surface area contributed by atoms with Gasteiger partial charge in [-0.3, -0.25) is 0 Å². The zero-order chi connectivity index (χ0) is 12.0. The number of rotatable bonds is 6.